The average Bonchev–Trinajstić information content (AvgIpc) is 0.722. The van der Waals surface area contributed by atoms with Crippen LogP contribution in [0, 0.1) is 0 Å². The molecule has 0 atom stereocenters. The molecule has 0 radical (unpaired) electrons. The van der Waals surface area contributed by atoms with E-state index in [-0.39, 0.29) is 64.3 Å². The summed E-state index contributed by atoms with van der Waals surface area (Å²) < 4.78 is 8.55. The van der Waals surface area contributed by atoms with Crippen LogP contribution >= 0.6 is 7.82 Å². The Labute approximate surface area is 90.0 Å². The van der Waals surface area contributed by atoms with Crippen LogP contribution in [0.4, 0.5) is 0 Å². The molecule has 0 bridgehead atoms. The van der Waals surface area contributed by atoms with Crippen LogP contribution in [0.15, 0.2) is 0 Å². The summed E-state index contributed by atoms with van der Waals surface area (Å²) in [5.74, 6) is 0. The maximum Gasteiger partial charge on any atom is 2.00 e. The number of hydrogen-bond donors (Lipinski definition) is 0. The Hall–Kier alpha value is 2.19. The Morgan fingerprint density at radius 2 is 1.14 bits per heavy atom. The fourth-order valence-corrected chi connectivity index (χ4v) is 0. The second-order valence-corrected chi connectivity index (χ2v) is 1.34. The molecule has 0 saturated carbocycles. The Morgan fingerprint density at radius 3 is 1.14 bits per heavy atom. The van der Waals surface area contributed by atoms with Crippen molar-refractivity contribution in [3.8, 4) is 0 Å². The molecule has 32 valence electrons. The normalized spacial score (nSPS) is 8.43. The van der Waals surface area contributed by atoms with Gasteiger partial charge in [0.25, 0.3) is 0 Å². The summed E-state index contributed by atoms with van der Waals surface area (Å²) in [4.78, 5) is 25.6. The van der Waals surface area contributed by atoms with Crippen LogP contribution < -0.4 is 33.5 Å². The molecular weight excluding hydrogens is 190 g/mol. The fraction of sp³-hybridized carbons (Fsp3) is 0. The minimum atomic E-state index is -5.39. The number of rotatable bonds is 0. The predicted octanol–water partition coefficient (Wildman–Crippen LogP) is -6.20. The van der Waals surface area contributed by atoms with E-state index < -0.39 is 7.82 Å². The molecule has 0 aliphatic carbocycles. The summed E-state index contributed by atoms with van der Waals surface area (Å²) in [5.41, 5.74) is 0. The summed E-state index contributed by atoms with van der Waals surface area (Å²) in [6.07, 6.45) is 0. The molecule has 7 heteroatoms. The molecule has 0 N–H and O–H groups in total. The van der Waals surface area contributed by atoms with E-state index in [1.165, 1.54) is 0 Å². The van der Waals surface area contributed by atoms with Gasteiger partial charge in [0, 0.05) is 0 Å². The van der Waals surface area contributed by atoms with Gasteiger partial charge in [0.1, 0.15) is 0 Å². The molecule has 0 spiro atoms. The molecule has 0 aromatic heterocycles. The molecule has 0 aromatic carbocycles. The molecule has 0 aromatic rings. The van der Waals surface area contributed by atoms with E-state index >= 15 is 0 Å². The van der Waals surface area contributed by atoms with Crippen LogP contribution in [-0.2, 0) is 4.57 Å². The molecule has 0 fully saturated rings. The predicted molar refractivity (Wildman–Crippen MR) is 13.4 cm³/mol. The molecule has 0 aliphatic heterocycles. The summed E-state index contributed by atoms with van der Waals surface area (Å²) >= 11 is 0. The molecule has 0 saturated heterocycles. The van der Waals surface area contributed by atoms with E-state index in [0.717, 1.165) is 0 Å². The van der Waals surface area contributed by atoms with Crippen LogP contribution in [0.3, 0.4) is 0 Å². The van der Waals surface area contributed by atoms with Gasteiger partial charge in [0.15, 0.2) is 0 Å². The van der Waals surface area contributed by atoms with Gasteiger partial charge in [0.05, 0.1) is 0 Å². The van der Waals surface area contributed by atoms with E-state index in [0.29, 0.717) is 0 Å². The Morgan fingerprint density at radius 1 is 1.14 bits per heavy atom. The summed E-state index contributed by atoms with van der Waals surface area (Å²) in [6, 6.07) is 0. The van der Waals surface area contributed by atoms with E-state index in [1.54, 1.807) is 0 Å². The zero-order chi connectivity index (χ0) is 4.50. The molecule has 7 heavy (non-hydrogen) atoms. The van der Waals surface area contributed by atoms with Crippen molar-refractivity contribution in [2.75, 3.05) is 0 Å². The van der Waals surface area contributed by atoms with Crippen molar-refractivity contribution < 1.29 is 38.1 Å². The largest absolute Gasteiger partial charge is 2.00 e. The van der Waals surface area contributed by atoms with Crippen molar-refractivity contribution in [2.24, 2.45) is 0 Å². The molecule has 0 unspecified atom stereocenters. The first-order valence-corrected chi connectivity index (χ1v) is 2.19. The van der Waals surface area contributed by atoms with E-state index in [2.05, 4.69) is 0 Å². The molecule has 0 amide bonds. The van der Waals surface area contributed by atoms with Gasteiger partial charge in [-0.1, -0.05) is 0 Å². The van der Waals surface area contributed by atoms with Crippen LogP contribution in [0.1, 0.15) is 0 Å². The van der Waals surface area contributed by atoms with E-state index in [1.807, 2.05) is 0 Å². The summed E-state index contributed by atoms with van der Waals surface area (Å²) in [6.45, 7) is 0. The Balaban J connectivity index is -0.0000000800. The zero-order valence-electron chi connectivity index (χ0n) is 3.79. The van der Waals surface area contributed by atoms with Gasteiger partial charge in [-0.3, -0.25) is 0 Å². The van der Waals surface area contributed by atoms with Gasteiger partial charge in [-0.15, -0.1) is 0 Å². The van der Waals surface area contributed by atoms with Crippen molar-refractivity contribution >= 4 is 53.3 Å². The Kier molecular flexibility index (Phi) is 14.5. The van der Waals surface area contributed by atoms with Crippen molar-refractivity contribution in [1.82, 2.24) is 0 Å². The maximum atomic E-state index is 8.55. The van der Waals surface area contributed by atoms with Crippen molar-refractivity contribution in [3.63, 3.8) is 0 Å². The van der Waals surface area contributed by atoms with Crippen LogP contribution in [0.2, 0.25) is 0 Å². The van der Waals surface area contributed by atoms with E-state index in [4.69, 9.17) is 19.2 Å². The second kappa shape index (κ2) is 6.31. The minimum absolute atomic E-state index is 0. The topological polar surface area (TPSA) is 86.2 Å². The first kappa shape index (κ1) is 16.1. The zero-order valence-corrected chi connectivity index (χ0v) is 8.16. The van der Waals surface area contributed by atoms with Crippen molar-refractivity contribution in [2.45, 2.75) is 0 Å². The number of hydrogen-bond acceptors (Lipinski definition) is 4. The standard InChI is InChI=1S/Li.H3O4P.Sr/c;1-5(2,3)4;/h;(H3,1,2,3,4);/q+1;;+2/p-3. The first-order valence-electron chi connectivity index (χ1n) is 0.730. The fourth-order valence-electron chi connectivity index (χ4n) is 0. The monoisotopic (exact) mass is 190 g/mol. The van der Waals surface area contributed by atoms with Gasteiger partial charge in [-0.05, 0) is 0 Å². The third-order valence-corrected chi connectivity index (χ3v) is 0. The third-order valence-electron chi connectivity index (χ3n) is 0. The first-order chi connectivity index (χ1) is 2.00. The maximum absolute atomic E-state index is 8.55. The minimum Gasteiger partial charge on any atom is -0.822 e. The van der Waals surface area contributed by atoms with E-state index in [9.17, 15) is 0 Å². The van der Waals surface area contributed by atoms with Crippen molar-refractivity contribution in [3.05, 3.63) is 0 Å². The number of phosphoric acid groups is 1. The molecular formula is LiO4PSr. The van der Waals surface area contributed by atoms with Gasteiger partial charge >= 0.3 is 64.3 Å². The van der Waals surface area contributed by atoms with Crippen LogP contribution in [0.25, 0.3) is 0 Å². The summed E-state index contributed by atoms with van der Waals surface area (Å²) in [7, 11) is -5.39. The Bertz CT molecular complexity index is 57.8. The second-order valence-electron chi connectivity index (χ2n) is 0.447. The van der Waals surface area contributed by atoms with Gasteiger partial charge in [-0.25, -0.2) is 0 Å². The van der Waals surface area contributed by atoms with Crippen LogP contribution in [-0.4, -0.2) is 45.5 Å². The third kappa shape index (κ3) is 65.5. The molecule has 0 heterocycles. The molecule has 4 nitrogen and oxygen atoms in total. The van der Waals surface area contributed by atoms with Gasteiger partial charge < -0.3 is 19.2 Å². The summed E-state index contributed by atoms with van der Waals surface area (Å²) in [5, 5.41) is 0. The smallest absolute Gasteiger partial charge is 0.822 e. The molecule has 0 aliphatic rings. The SMILES string of the molecule is O=P([O-])([O-])[O-].[Li+].[Sr+2]. The van der Waals surface area contributed by atoms with Gasteiger partial charge in [0.2, 0.25) is 0 Å². The quantitative estimate of drug-likeness (QED) is 0.280. The van der Waals surface area contributed by atoms with Gasteiger partial charge in [-0.2, -0.15) is 7.82 Å². The molecule has 0 rings (SSSR count). The van der Waals surface area contributed by atoms with Crippen molar-refractivity contribution in [1.29, 1.82) is 0 Å². The average molecular weight is 190 g/mol. The van der Waals surface area contributed by atoms with Crippen LogP contribution in [0.5, 0.6) is 0 Å².